The van der Waals surface area contributed by atoms with Gasteiger partial charge in [-0.2, -0.15) is 0 Å². The third-order valence-corrected chi connectivity index (χ3v) is 2.41. The van der Waals surface area contributed by atoms with Gasteiger partial charge in [0.2, 0.25) is 5.95 Å². The molecular weight excluding hydrogens is 214 g/mol. The molecule has 0 fully saturated rings. The number of rotatable bonds is 6. The third kappa shape index (κ3) is 4.69. The Kier molecular flexibility index (Phi) is 5.35. The zero-order valence-corrected chi connectivity index (χ0v) is 11.4. The zero-order chi connectivity index (χ0) is 12.8. The fourth-order valence-corrected chi connectivity index (χ4v) is 1.51. The maximum absolute atomic E-state index is 5.36. The Balaban J connectivity index is 2.70. The lowest BCUT2D eigenvalue weighted by atomic mass is 10.1. The molecule has 0 aliphatic carbocycles. The Hall–Kier alpha value is -1.16. The molecule has 0 saturated carbocycles. The Bertz CT molecular complexity index is 353. The van der Waals surface area contributed by atoms with Crippen molar-refractivity contribution in [3.8, 4) is 0 Å². The van der Waals surface area contributed by atoms with Crippen LogP contribution in [0.15, 0.2) is 6.07 Å². The summed E-state index contributed by atoms with van der Waals surface area (Å²) in [6.45, 7) is 11.7. The van der Waals surface area contributed by atoms with Crippen molar-refractivity contribution in [2.75, 3.05) is 18.5 Å². The van der Waals surface area contributed by atoms with Gasteiger partial charge in [0, 0.05) is 24.0 Å². The maximum atomic E-state index is 5.36. The third-order valence-electron chi connectivity index (χ3n) is 2.41. The number of aromatic nitrogens is 2. The molecule has 0 amide bonds. The second-order valence-corrected chi connectivity index (χ2v) is 4.62. The van der Waals surface area contributed by atoms with Crippen LogP contribution in [0.4, 0.5) is 5.95 Å². The first-order valence-electron chi connectivity index (χ1n) is 6.22. The van der Waals surface area contributed by atoms with Crippen molar-refractivity contribution >= 4 is 5.95 Å². The maximum Gasteiger partial charge on any atom is 0.223 e. The Labute approximate surface area is 104 Å². The van der Waals surface area contributed by atoms with E-state index in [-0.39, 0.29) is 6.04 Å². The lowest BCUT2D eigenvalue weighted by Gasteiger charge is -2.15. The minimum Gasteiger partial charge on any atom is -0.380 e. The normalized spacial score (nSPS) is 12.8. The van der Waals surface area contributed by atoms with E-state index >= 15 is 0 Å². The molecule has 0 aliphatic rings. The van der Waals surface area contributed by atoms with Crippen LogP contribution in [0, 0.1) is 6.92 Å². The van der Waals surface area contributed by atoms with Crippen LogP contribution in [0.1, 0.15) is 45.0 Å². The number of aryl methyl sites for hydroxylation is 1. The zero-order valence-electron chi connectivity index (χ0n) is 11.4. The van der Waals surface area contributed by atoms with E-state index < -0.39 is 0 Å². The van der Waals surface area contributed by atoms with Crippen molar-refractivity contribution < 1.29 is 4.74 Å². The minimum absolute atomic E-state index is 0.219. The van der Waals surface area contributed by atoms with Crippen molar-refractivity contribution in [3.05, 3.63) is 17.5 Å². The fourth-order valence-electron chi connectivity index (χ4n) is 1.51. The summed E-state index contributed by atoms with van der Waals surface area (Å²) in [5.74, 6) is 1.11. The SMILES string of the molecule is CCOCC(C)Nc1nc(C)cc(C(C)C)n1. The van der Waals surface area contributed by atoms with Crippen LogP contribution in [0.2, 0.25) is 0 Å². The molecule has 1 aromatic heterocycles. The summed E-state index contributed by atoms with van der Waals surface area (Å²) < 4.78 is 5.36. The highest BCUT2D eigenvalue weighted by Crippen LogP contribution is 2.14. The molecule has 1 rings (SSSR count). The first-order valence-corrected chi connectivity index (χ1v) is 6.22. The predicted octanol–water partition coefficient (Wildman–Crippen LogP) is 2.75. The van der Waals surface area contributed by atoms with Gasteiger partial charge >= 0.3 is 0 Å². The number of hydrogen-bond acceptors (Lipinski definition) is 4. The van der Waals surface area contributed by atoms with Gasteiger partial charge in [-0.1, -0.05) is 13.8 Å². The van der Waals surface area contributed by atoms with Gasteiger partial charge in [0.1, 0.15) is 0 Å². The van der Waals surface area contributed by atoms with E-state index in [1.165, 1.54) is 0 Å². The highest BCUT2D eigenvalue weighted by molar-refractivity contribution is 5.30. The topological polar surface area (TPSA) is 47.0 Å². The second kappa shape index (κ2) is 6.55. The first kappa shape index (κ1) is 13.9. The molecular formula is C13H23N3O. The van der Waals surface area contributed by atoms with Crippen molar-refractivity contribution in [3.63, 3.8) is 0 Å². The highest BCUT2D eigenvalue weighted by Gasteiger charge is 2.08. The summed E-state index contributed by atoms with van der Waals surface area (Å²) in [6.07, 6.45) is 0. The Morgan fingerprint density at radius 1 is 1.29 bits per heavy atom. The van der Waals surface area contributed by atoms with Crippen molar-refractivity contribution in [2.24, 2.45) is 0 Å². The second-order valence-electron chi connectivity index (χ2n) is 4.62. The van der Waals surface area contributed by atoms with Crippen molar-refractivity contribution in [1.29, 1.82) is 0 Å². The molecule has 96 valence electrons. The van der Waals surface area contributed by atoms with E-state index in [1.54, 1.807) is 0 Å². The molecule has 1 N–H and O–H groups in total. The summed E-state index contributed by atoms with van der Waals surface area (Å²) in [7, 11) is 0. The fraction of sp³-hybridized carbons (Fsp3) is 0.692. The van der Waals surface area contributed by atoms with E-state index in [1.807, 2.05) is 19.9 Å². The molecule has 1 aromatic rings. The molecule has 1 heterocycles. The largest absolute Gasteiger partial charge is 0.380 e. The van der Waals surface area contributed by atoms with Gasteiger partial charge in [-0.3, -0.25) is 0 Å². The predicted molar refractivity (Wildman–Crippen MR) is 70.4 cm³/mol. The van der Waals surface area contributed by atoms with E-state index in [9.17, 15) is 0 Å². The van der Waals surface area contributed by atoms with Crippen LogP contribution in [0.3, 0.4) is 0 Å². The van der Waals surface area contributed by atoms with Crippen molar-refractivity contribution in [1.82, 2.24) is 9.97 Å². The van der Waals surface area contributed by atoms with Gasteiger partial charge < -0.3 is 10.1 Å². The molecule has 0 spiro atoms. The molecule has 0 radical (unpaired) electrons. The van der Waals surface area contributed by atoms with Gasteiger partial charge in [0.05, 0.1) is 6.61 Å². The molecule has 17 heavy (non-hydrogen) atoms. The summed E-state index contributed by atoms with van der Waals surface area (Å²) in [6, 6.07) is 2.25. The van der Waals surface area contributed by atoms with Gasteiger partial charge in [-0.05, 0) is 32.8 Å². The number of ether oxygens (including phenoxy) is 1. The summed E-state index contributed by atoms with van der Waals surface area (Å²) in [5, 5.41) is 3.27. The number of nitrogens with one attached hydrogen (secondary N) is 1. The van der Waals surface area contributed by atoms with Gasteiger partial charge in [0.25, 0.3) is 0 Å². The molecule has 0 saturated heterocycles. The van der Waals surface area contributed by atoms with E-state index in [0.29, 0.717) is 18.5 Å². The standard InChI is InChI=1S/C13H23N3O/c1-6-17-8-11(5)15-13-14-10(4)7-12(16-13)9(2)3/h7,9,11H,6,8H2,1-5H3,(H,14,15,16). The van der Waals surface area contributed by atoms with Crippen LogP contribution in [0.5, 0.6) is 0 Å². The monoisotopic (exact) mass is 237 g/mol. The number of anilines is 1. The Morgan fingerprint density at radius 3 is 2.59 bits per heavy atom. The molecule has 0 aromatic carbocycles. The van der Waals surface area contributed by atoms with Crippen LogP contribution in [0.25, 0.3) is 0 Å². The minimum atomic E-state index is 0.219. The van der Waals surface area contributed by atoms with E-state index in [2.05, 4.69) is 36.1 Å². The Morgan fingerprint density at radius 2 is 2.00 bits per heavy atom. The molecule has 0 aliphatic heterocycles. The van der Waals surface area contributed by atoms with Gasteiger partial charge in [-0.25, -0.2) is 9.97 Å². The van der Waals surface area contributed by atoms with Crippen LogP contribution in [-0.4, -0.2) is 29.2 Å². The van der Waals surface area contributed by atoms with Gasteiger partial charge in [0.15, 0.2) is 0 Å². The highest BCUT2D eigenvalue weighted by atomic mass is 16.5. The average molecular weight is 237 g/mol. The van der Waals surface area contributed by atoms with Crippen LogP contribution < -0.4 is 5.32 Å². The molecule has 1 atom stereocenters. The summed E-state index contributed by atoms with van der Waals surface area (Å²) >= 11 is 0. The van der Waals surface area contributed by atoms with E-state index in [0.717, 1.165) is 18.0 Å². The molecule has 1 unspecified atom stereocenters. The average Bonchev–Trinajstić information content (AvgIpc) is 2.25. The molecule has 4 heteroatoms. The van der Waals surface area contributed by atoms with E-state index in [4.69, 9.17) is 4.74 Å². The van der Waals surface area contributed by atoms with Crippen LogP contribution >= 0.6 is 0 Å². The molecule has 0 bridgehead atoms. The molecule has 4 nitrogen and oxygen atoms in total. The number of hydrogen-bond donors (Lipinski definition) is 1. The van der Waals surface area contributed by atoms with Gasteiger partial charge in [-0.15, -0.1) is 0 Å². The smallest absolute Gasteiger partial charge is 0.223 e. The lowest BCUT2D eigenvalue weighted by Crippen LogP contribution is -2.23. The number of nitrogens with zero attached hydrogens (tertiary/aromatic N) is 2. The lowest BCUT2D eigenvalue weighted by molar-refractivity contribution is 0.141. The quantitative estimate of drug-likeness (QED) is 0.826. The summed E-state index contributed by atoms with van der Waals surface area (Å²) in [4.78, 5) is 8.89. The van der Waals surface area contributed by atoms with Crippen molar-refractivity contribution in [2.45, 2.75) is 46.6 Å². The van der Waals surface area contributed by atoms with Crippen LogP contribution in [-0.2, 0) is 4.74 Å². The first-order chi connectivity index (χ1) is 8.02. The summed E-state index contributed by atoms with van der Waals surface area (Å²) in [5.41, 5.74) is 2.07.